The maximum absolute atomic E-state index is 11.6. The summed E-state index contributed by atoms with van der Waals surface area (Å²) >= 11 is 0. The Balaban J connectivity index is 1.66. The second-order valence-electron chi connectivity index (χ2n) is 5.86. The molecular weight excluding hydrogens is 276 g/mol. The predicted octanol–water partition coefficient (Wildman–Crippen LogP) is 3.74. The summed E-state index contributed by atoms with van der Waals surface area (Å²) in [4.78, 5) is 16.3. The quantitative estimate of drug-likeness (QED) is 0.935. The molecule has 1 heterocycles. The average molecular weight is 296 g/mol. The Morgan fingerprint density at radius 1 is 1.18 bits per heavy atom. The normalized spacial score (nSPS) is 19.8. The number of amides is 1. The van der Waals surface area contributed by atoms with Crippen molar-refractivity contribution < 1.29 is 9.53 Å². The average Bonchev–Trinajstić information content (AvgIpc) is 3.26. The van der Waals surface area contributed by atoms with Gasteiger partial charge in [-0.1, -0.05) is 36.4 Å². The third-order valence-electron chi connectivity index (χ3n) is 3.66. The number of nitrogens with one attached hydrogen (secondary N) is 1. The van der Waals surface area contributed by atoms with Gasteiger partial charge in [0.2, 0.25) is 0 Å². The molecule has 0 bridgehead atoms. The van der Waals surface area contributed by atoms with Crippen LogP contribution in [-0.4, -0.2) is 23.2 Å². The number of aromatic nitrogens is 1. The van der Waals surface area contributed by atoms with Crippen molar-refractivity contribution in [2.75, 3.05) is 0 Å². The van der Waals surface area contributed by atoms with Crippen LogP contribution < -0.4 is 5.32 Å². The Kier molecular flexibility index (Phi) is 4.09. The van der Waals surface area contributed by atoms with Crippen molar-refractivity contribution in [2.45, 2.75) is 38.3 Å². The summed E-state index contributed by atoms with van der Waals surface area (Å²) in [5, 5.41) is 2.89. The highest BCUT2D eigenvalue weighted by atomic mass is 16.6. The van der Waals surface area contributed by atoms with Gasteiger partial charge in [0, 0.05) is 23.2 Å². The minimum Gasteiger partial charge on any atom is -0.447 e. The molecule has 4 nitrogen and oxygen atoms in total. The Morgan fingerprint density at radius 2 is 1.95 bits per heavy atom. The molecule has 0 saturated heterocycles. The third-order valence-corrected chi connectivity index (χ3v) is 3.66. The fourth-order valence-electron chi connectivity index (χ4n) is 2.51. The minimum atomic E-state index is -0.346. The van der Waals surface area contributed by atoms with E-state index >= 15 is 0 Å². The van der Waals surface area contributed by atoms with Gasteiger partial charge in [-0.15, -0.1) is 0 Å². The van der Waals surface area contributed by atoms with Gasteiger partial charge in [-0.3, -0.25) is 4.98 Å². The summed E-state index contributed by atoms with van der Waals surface area (Å²) in [7, 11) is 0. The fraction of sp³-hybridized carbons (Fsp3) is 0.333. The second-order valence-corrected chi connectivity index (χ2v) is 5.86. The summed E-state index contributed by atoms with van der Waals surface area (Å²) in [6.07, 6.45) is 0.469. The molecule has 2 unspecified atom stereocenters. The number of carbonyl (C=O) groups excluding carboxylic acids is 1. The first kappa shape index (κ1) is 14.6. The van der Waals surface area contributed by atoms with E-state index in [4.69, 9.17) is 9.72 Å². The molecule has 2 aromatic rings. The van der Waals surface area contributed by atoms with Gasteiger partial charge in [0.1, 0.15) is 0 Å². The zero-order valence-corrected chi connectivity index (χ0v) is 12.8. The molecule has 1 saturated carbocycles. The van der Waals surface area contributed by atoms with E-state index in [0.29, 0.717) is 0 Å². The number of alkyl carbamates (subject to hydrolysis) is 1. The van der Waals surface area contributed by atoms with Gasteiger partial charge in [-0.25, -0.2) is 4.79 Å². The van der Waals surface area contributed by atoms with Crippen molar-refractivity contribution in [3.8, 4) is 11.3 Å². The Morgan fingerprint density at radius 3 is 2.68 bits per heavy atom. The summed E-state index contributed by atoms with van der Waals surface area (Å²) < 4.78 is 5.11. The first-order chi connectivity index (χ1) is 10.6. The summed E-state index contributed by atoms with van der Waals surface area (Å²) in [6.45, 7) is 3.68. The second kappa shape index (κ2) is 6.18. The Labute approximate surface area is 130 Å². The van der Waals surface area contributed by atoms with E-state index < -0.39 is 0 Å². The van der Waals surface area contributed by atoms with E-state index in [-0.39, 0.29) is 24.2 Å². The topological polar surface area (TPSA) is 51.2 Å². The maximum Gasteiger partial charge on any atom is 0.407 e. The van der Waals surface area contributed by atoms with E-state index in [1.807, 2.05) is 50.2 Å². The smallest absolute Gasteiger partial charge is 0.407 e. The van der Waals surface area contributed by atoms with Gasteiger partial charge in [-0.05, 0) is 32.4 Å². The van der Waals surface area contributed by atoms with Gasteiger partial charge in [0.25, 0.3) is 0 Å². The molecule has 0 radical (unpaired) electrons. The molecule has 3 rings (SSSR count). The van der Waals surface area contributed by atoms with Crippen LogP contribution in [0.3, 0.4) is 0 Å². The van der Waals surface area contributed by atoms with Crippen molar-refractivity contribution in [2.24, 2.45) is 0 Å². The lowest BCUT2D eigenvalue weighted by Gasteiger charge is -2.09. The molecule has 2 atom stereocenters. The highest BCUT2D eigenvalue weighted by Crippen LogP contribution is 2.40. The molecule has 114 valence electrons. The summed E-state index contributed by atoms with van der Waals surface area (Å²) in [5.41, 5.74) is 3.10. The van der Waals surface area contributed by atoms with Gasteiger partial charge in [-0.2, -0.15) is 0 Å². The minimum absolute atomic E-state index is 0.100. The molecule has 1 aromatic carbocycles. The lowest BCUT2D eigenvalue weighted by Crippen LogP contribution is -2.29. The van der Waals surface area contributed by atoms with Crippen LogP contribution in [-0.2, 0) is 4.74 Å². The number of nitrogens with zero attached hydrogens (tertiary/aromatic N) is 1. The Hall–Kier alpha value is -2.36. The first-order valence-corrected chi connectivity index (χ1v) is 7.63. The third kappa shape index (κ3) is 3.45. The van der Waals surface area contributed by atoms with Crippen LogP contribution in [0.2, 0.25) is 0 Å². The standard InChI is InChI=1S/C18H20N2O2/c1-12(2)22-18(21)20-17-11-14(17)16-10-6-9-15(19-16)13-7-4-3-5-8-13/h3-10,12,14,17H,11H2,1-2H3,(H,20,21). The number of rotatable bonds is 4. The number of carbonyl (C=O) groups is 1. The highest BCUT2D eigenvalue weighted by Gasteiger charge is 2.41. The number of pyridine rings is 1. The van der Waals surface area contributed by atoms with Crippen LogP contribution in [0.25, 0.3) is 11.3 Å². The van der Waals surface area contributed by atoms with Crippen LogP contribution in [0.1, 0.15) is 31.9 Å². The van der Waals surface area contributed by atoms with E-state index in [9.17, 15) is 4.79 Å². The van der Waals surface area contributed by atoms with E-state index in [0.717, 1.165) is 23.4 Å². The van der Waals surface area contributed by atoms with Crippen LogP contribution >= 0.6 is 0 Å². The molecule has 1 fully saturated rings. The van der Waals surface area contributed by atoms with Gasteiger partial charge in [0.15, 0.2) is 0 Å². The van der Waals surface area contributed by atoms with E-state index in [2.05, 4.69) is 17.4 Å². The molecule has 1 aromatic heterocycles. The number of hydrogen-bond donors (Lipinski definition) is 1. The molecule has 1 amide bonds. The molecule has 0 aliphatic heterocycles. The van der Waals surface area contributed by atoms with Crippen molar-refractivity contribution in [3.63, 3.8) is 0 Å². The van der Waals surface area contributed by atoms with Crippen molar-refractivity contribution in [1.82, 2.24) is 10.3 Å². The summed E-state index contributed by atoms with van der Waals surface area (Å²) in [6, 6.07) is 16.3. The highest BCUT2D eigenvalue weighted by molar-refractivity contribution is 5.68. The zero-order chi connectivity index (χ0) is 15.5. The van der Waals surface area contributed by atoms with Crippen LogP contribution in [0.5, 0.6) is 0 Å². The zero-order valence-electron chi connectivity index (χ0n) is 12.8. The fourth-order valence-corrected chi connectivity index (χ4v) is 2.51. The molecular formula is C18H20N2O2. The molecule has 0 spiro atoms. The van der Waals surface area contributed by atoms with Crippen LogP contribution in [0, 0.1) is 0 Å². The van der Waals surface area contributed by atoms with Gasteiger partial charge in [0.05, 0.1) is 11.8 Å². The largest absolute Gasteiger partial charge is 0.447 e. The van der Waals surface area contributed by atoms with E-state index in [1.165, 1.54) is 0 Å². The Bertz CT molecular complexity index is 655. The monoisotopic (exact) mass is 296 g/mol. The summed E-state index contributed by atoms with van der Waals surface area (Å²) in [5.74, 6) is 0.281. The SMILES string of the molecule is CC(C)OC(=O)NC1CC1c1cccc(-c2ccccc2)n1. The molecule has 1 aliphatic rings. The predicted molar refractivity (Wildman–Crippen MR) is 85.6 cm³/mol. The lowest BCUT2D eigenvalue weighted by molar-refractivity contribution is 0.115. The van der Waals surface area contributed by atoms with Crippen molar-refractivity contribution in [3.05, 3.63) is 54.2 Å². The maximum atomic E-state index is 11.6. The first-order valence-electron chi connectivity index (χ1n) is 7.63. The molecule has 1 aliphatic carbocycles. The molecule has 1 N–H and O–H groups in total. The lowest BCUT2D eigenvalue weighted by atomic mass is 10.1. The molecule has 22 heavy (non-hydrogen) atoms. The van der Waals surface area contributed by atoms with Crippen LogP contribution in [0.15, 0.2) is 48.5 Å². The van der Waals surface area contributed by atoms with E-state index in [1.54, 1.807) is 0 Å². The van der Waals surface area contributed by atoms with Crippen molar-refractivity contribution >= 4 is 6.09 Å². The number of hydrogen-bond acceptors (Lipinski definition) is 3. The number of benzene rings is 1. The van der Waals surface area contributed by atoms with Gasteiger partial charge < -0.3 is 10.1 Å². The molecule has 4 heteroatoms. The van der Waals surface area contributed by atoms with Crippen molar-refractivity contribution in [1.29, 1.82) is 0 Å². The van der Waals surface area contributed by atoms with Gasteiger partial charge >= 0.3 is 6.09 Å². The number of ether oxygens (including phenoxy) is 1. The van der Waals surface area contributed by atoms with Crippen LogP contribution in [0.4, 0.5) is 4.79 Å².